The van der Waals surface area contributed by atoms with Gasteiger partial charge in [-0.1, -0.05) is 6.07 Å². The number of carbonyl (C=O) groups excluding carboxylic acids is 1. The maximum atomic E-state index is 11.5. The lowest BCUT2D eigenvalue weighted by Gasteiger charge is -2.17. The van der Waals surface area contributed by atoms with E-state index in [1.165, 1.54) is 0 Å². The lowest BCUT2D eigenvalue weighted by atomic mass is 10.0. The molecule has 5 nitrogen and oxygen atoms in total. The van der Waals surface area contributed by atoms with Crippen LogP contribution in [0.1, 0.15) is 27.7 Å². The third-order valence-electron chi connectivity index (χ3n) is 2.85. The predicted octanol–water partition coefficient (Wildman–Crippen LogP) is 0.325. The molecule has 0 spiro atoms. The first-order valence-corrected chi connectivity index (χ1v) is 5.40. The van der Waals surface area contributed by atoms with Crippen molar-refractivity contribution in [3.63, 3.8) is 0 Å². The summed E-state index contributed by atoms with van der Waals surface area (Å²) in [6.07, 6.45) is -0.0521. The van der Waals surface area contributed by atoms with E-state index in [0.717, 1.165) is 11.1 Å². The smallest absolute Gasteiger partial charge is 0.251 e. The fraction of sp³-hybridized carbons (Fsp3) is 0.333. The number of nitrogens with zero attached hydrogens (tertiary/aromatic N) is 2. The third kappa shape index (κ3) is 1.89. The molecule has 1 heterocycles. The Balaban J connectivity index is 2.45. The zero-order valence-electron chi connectivity index (χ0n) is 10.2. The number of fused-ring (bicyclic) bond motifs is 1. The van der Waals surface area contributed by atoms with Crippen molar-refractivity contribution in [1.82, 2.24) is 10.2 Å². The Morgan fingerprint density at radius 2 is 2.18 bits per heavy atom. The van der Waals surface area contributed by atoms with Crippen LogP contribution in [-0.4, -0.2) is 37.8 Å². The summed E-state index contributed by atoms with van der Waals surface area (Å²) >= 11 is 0. The lowest BCUT2D eigenvalue weighted by molar-refractivity contribution is 0.0963. The van der Waals surface area contributed by atoms with Gasteiger partial charge in [-0.15, -0.1) is 0 Å². The van der Waals surface area contributed by atoms with E-state index in [0.29, 0.717) is 11.4 Å². The first-order chi connectivity index (χ1) is 8.04. The van der Waals surface area contributed by atoms with Gasteiger partial charge in [0.05, 0.1) is 0 Å². The average molecular weight is 232 g/mol. The number of nitrogens with two attached hydrogens (primary N) is 1. The van der Waals surface area contributed by atoms with Gasteiger partial charge in [-0.3, -0.25) is 9.69 Å². The van der Waals surface area contributed by atoms with Gasteiger partial charge in [0.25, 0.3) is 5.91 Å². The number of hydrogen-bond acceptors (Lipinski definition) is 4. The van der Waals surface area contributed by atoms with Crippen LogP contribution in [0.4, 0.5) is 0 Å². The summed E-state index contributed by atoms with van der Waals surface area (Å²) < 4.78 is 0. The second kappa shape index (κ2) is 4.18. The predicted molar refractivity (Wildman–Crippen MR) is 67.0 cm³/mol. The summed E-state index contributed by atoms with van der Waals surface area (Å²) in [5.74, 6) is 0.373. The molecular weight excluding hydrogens is 216 g/mol. The Bertz CT molecular complexity index is 493. The summed E-state index contributed by atoms with van der Waals surface area (Å²) in [5, 5.41) is 2.59. The monoisotopic (exact) mass is 232 g/mol. The van der Waals surface area contributed by atoms with Crippen molar-refractivity contribution in [3.05, 3.63) is 34.9 Å². The molecule has 5 heteroatoms. The summed E-state index contributed by atoms with van der Waals surface area (Å²) in [4.78, 5) is 17.9. The first kappa shape index (κ1) is 11.6. The van der Waals surface area contributed by atoms with Crippen LogP contribution in [-0.2, 0) is 0 Å². The fourth-order valence-electron chi connectivity index (χ4n) is 1.95. The van der Waals surface area contributed by atoms with Crippen LogP contribution >= 0.6 is 0 Å². The second-order valence-corrected chi connectivity index (χ2v) is 4.23. The van der Waals surface area contributed by atoms with E-state index < -0.39 is 0 Å². The molecular formula is C12H16N4O. The minimum absolute atomic E-state index is 0.0521. The summed E-state index contributed by atoms with van der Waals surface area (Å²) in [7, 11) is 5.50. The van der Waals surface area contributed by atoms with Gasteiger partial charge in [-0.05, 0) is 26.2 Å². The van der Waals surface area contributed by atoms with E-state index in [4.69, 9.17) is 5.73 Å². The molecule has 1 aromatic rings. The Morgan fingerprint density at radius 3 is 2.76 bits per heavy atom. The van der Waals surface area contributed by atoms with Gasteiger partial charge >= 0.3 is 0 Å². The van der Waals surface area contributed by atoms with E-state index in [1.807, 2.05) is 25.1 Å². The van der Waals surface area contributed by atoms with Crippen LogP contribution in [0.2, 0.25) is 0 Å². The molecule has 0 fully saturated rings. The second-order valence-electron chi connectivity index (χ2n) is 4.23. The molecule has 1 aliphatic rings. The van der Waals surface area contributed by atoms with Gasteiger partial charge in [0.15, 0.2) is 0 Å². The molecule has 0 radical (unpaired) electrons. The number of nitrogens with one attached hydrogen (secondary N) is 1. The topological polar surface area (TPSA) is 70.7 Å². The van der Waals surface area contributed by atoms with Crippen LogP contribution in [0.5, 0.6) is 0 Å². The summed E-state index contributed by atoms with van der Waals surface area (Å²) in [6, 6.07) is 5.49. The summed E-state index contributed by atoms with van der Waals surface area (Å²) in [6.45, 7) is 0. The van der Waals surface area contributed by atoms with E-state index in [2.05, 4.69) is 10.3 Å². The van der Waals surface area contributed by atoms with Crippen LogP contribution in [0, 0.1) is 0 Å². The molecule has 17 heavy (non-hydrogen) atoms. The number of carbonyl (C=O) groups is 1. The van der Waals surface area contributed by atoms with Crippen molar-refractivity contribution in [2.75, 3.05) is 21.1 Å². The van der Waals surface area contributed by atoms with Crippen molar-refractivity contribution in [1.29, 1.82) is 0 Å². The van der Waals surface area contributed by atoms with Crippen molar-refractivity contribution >= 4 is 11.7 Å². The number of amidine groups is 1. The van der Waals surface area contributed by atoms with Crippen LogP contribution in [0.15, 0.2) is 23.2 Å². The fourth-order valence-corrected chi connectivity index (χ4v) is 1.95. The van der Waals surface area contributed by atoms with Gasteiger partial charge in [0, 0.05) is 23.7 Å². The Kier molecular flexibility index (Phi) is 2.85. The molecule has 0 aromatic heterocycles. The van der Waals surface area contributed by atoms with Gasteiger partial charge < -0.3 is 11.1 Å². The molecule has 1 unspecified atom stereocenters. The minimum Gasteiger partial charge on any atom is -0.383 e. The zero-order valence-corrected chi connectivity index (χ0v) is 10.2. The van der Waals surface area contributed by atoms with Crippen LogP contribution in [0.3, 0.4) is 0 Å². The molecule has 0 saturated heterocycles. The number of hydrogen-bond donors (Lipinski definition) is 2. The normalized spacial score (nSPS) is 17.9. The highest BCUT2D eigenvalue weighted by molar-refractivity contribution is 6.04. The summed E-state index contributed by atoms with van der Waals surface area (Å²) in [5.41, 5.74) is 8.37. The van der Waals surface area contributed by atoms with E-state index in [1.54, 1.807) is 19.2 Å². The van der Waals surface area contributed by atoms with Crippen LogP contribution < -0.4 is 11.1 Å². The Labute approximate surface area is 100 Å². The Hall–Kier alpha value is -1.88. The number of benzene rings is 1. The highest BCUT2D eigenvalue weighted by atomic mass is 16.1. The quantitative estimate of drug-likeness (QED) is 0.771. The minimum atomic E-state index is -0.117. The molecule has 90 valence electrons. The number of rotatable bonds is 2. The van der Waals surface area contributed by atoms with Gasteiger partial charge in [0.2, 0.25) is 0 Å². The van der Waals surface area contributed by atoms with Crippen molar-refractivity contribution in [2.24, 2.45) is 10.7 Å². The molecule has 1 aliphatic heterocycles. The highest BCUT2D eigenvalue weighted by Crippen LogP contribution is 2.30. The molecule has 1 atom stereocenters. The van der Waals surface area contributed by atoms with Gasteiger partial charge in [-0.25, -0.2) is 4.99 Å². The van der Waals surface area contributed by atoms with E-state index in [-0.39, 0.29) is 12.1 Å². The SMILES string of the molecule is CNC(=O)c1ccc2c(c1)C(N)=NC2N(C)C. The molecule has 0 bridgehead atoms. The number of amides is 1. The molecule has 1 amide bonds. The zero-order chi connectivity index (χ0) is 12.6. The molecule has 0 saturated carbocycles. The third-order valence-corrected chi connectivity index (χ3v) is 2.85. The maximum absolute atomic E-state index is 11.5. The molecule has 1 aromatic carbocycles. The number of aliphatic imine (C=N–C) groups is 1. The molecule has 0 aliphatic carbocycles. The average Bonchev–Trinajstić information content (AvgIpc) is 2.65. The van der Waals surface area contributed by atoms with Crippen molar-refractivity contribution in [3.8, 4) is 0 Å². The molecule has 2 rings (SSSR count). The van der Waals surface area contributed by atoms with Crippen LogP contribution in [0.25, 0.3) is 0 Å². The lowest BCUT2D eigenvalue weighted by Crippen LogP contribution is -2.19. The standard InChI is InChI=1S/C12H16N4O/c1-14-12(17)7-4-5-8-9(6-7)10(13)15-11(8)16(2)3/h4-6,11H,1-3H3,(H2,13,15)(H,14,17). The van der Waals surface area contributed by atoms with E-state index in [9.17, 15) is 4.79 Å². The van der Waals surface area contributed by atoms with Gasteiger partial charge in [0.1, 0.15) is 12.0 Å². The molecule has 3 N–H and O–H groups in total. The van der Waals surface area contributed by atoms with E-state index >= 15 is 0 Å². The highest BCUT2D eigenvalue weighted by Gasteiger charge is 2.25. The maximum Gasteiger partial charge on any atom is 0.251 e. The largest absolute Gasteiger partial charge is 0.383 e. The van der Waals surface area contributed by atoms with Crippen molar-refractivity contribution < 1.29 is 4.79 Å². The van der Waals surface area contributed by atoms with Gasteiger partial charge in [-0.2, -0.15) is 0 Å². The van der Waals surface area contributed by atoms with Crippen molar-refractivity contribution in [2.45, 2.75) is 6.17 Å². The Morgan fingerprint density at radius 1 is 1.47 bits per heavy atom. The first-order valence-electron chi connectivity index (χ1n) is 5.40.